The van der Waals surface area contributed by atoms with Gasteiger partial charge in [-0.1, -0.05) is 0 Å². The molecule has 1 N–H and O–H groups in total. The van der Waals surface area contributed by atoms with Gasteiger partial charge in [0, 0.05) is 12.5 Å². The lowest BCUT2D eigenvalue weighted by Crippen LogP contribution is -2.08. The van der Waals surface area contributed by atoms with Crippen LogP contribution in [-0.2, 0) is 20.9 Å². The van der Waals surface area contributed by atoms with Crippen LogP contribution in [0.5, 0.6) is 0 Å². The highest BCUT2D eigenvalue weighted by Gasteiger charge is 2.16. The van der Waals surface area contributed by atoms with Crippen molar-refractivity contribution in [2.24, 2.45) is 0 Å². The summed E-state index contributed by atoms with van der Waals surface area (Å²) in [6.07, 6.45) is -0.980. The van der Waals surface area contributed by atoms with Crippen LogP contribution in [0.1, 0.15) is 23.2 Å². The molecule has 15 heavy (non-hydrogen) atoms. The van der Waals surface area contributed by atoms with Gasteiger partial charge in [-0.05, 0) is 0 Å². The van der Waals surface area contributed by atoms with Crippen LogP contribution in [0.4, 0.5) is 0 Å². The van der Waals surface area contributed by atoms with Crippen molar-refractivity contribution in [3.63, 3.8) is 0 Å². The Morgan fingerprint density at radius 2 is 2.40 bits per heavy atom. The zero-order valence-corrected chi connectivity index (χ0v) is 9.41. The topological polar surface area (TPSA) is 68.7 Å². The minimum atomic E-state index is -0.903. The van der Waals surface area contributed by atoms with Crippen LogP contribution < -0.4 is 0 Å². The third kappa shape index (κ3) is 3.58. The number of nitrogens with zero attached hydrogens (tertiary/aromatic N) is 1. The Hall–Kier alpha value is -0.980. The molecule has 0 saturated heterocycles. The second-order valence-electron chi connectivity index (χ2n) is 2.90. The van der Waals surface area contributed by atoms with Gasteiger partial charge in [0.1, 0.15) is 11.1 Å². The molecule has 84 valence electrons. The van der Waals surface area contributed by atoms with E-state index in [-0.39, 0.29) is 6.42 Å². The van der Waals surface area contributed by atoms with Gasteiger partial charge in [0.15, 0.2) is 0 Å². The number of carbonyl (C=O) groups is 1. The van der Waals surface area contributed by atoms with Gasteiger partial charge in [0.2, 0.25) is 0 Å². The maximum absolute atomic E-state index is 10.9. The number of aliphatic hydroxyl groups is 1. The van der Waals surface area contributed by atoms with Gasteiger partial charge >= 0.3 is 5.97 Å². The summed E-state index contributed by atoms with van der Waals surface area (Å²) < 4.78 is 9.35. The van der Waals surface area contributed by atoms with Gasteiger partial charge < -0.3 is 14.6 Å². The highest BCUT2D eigenvalue weighted by Crippen LogP contribution is 2.20. The van der Waals surface area contributed by atoms with E-state index < -0.39 is 12.1 Å². The first-order valence-corrected chi connectivity index (χ1v) is 5.23. The lowest BCUT2D eigenvalue weighted by Gasteiger charge is -2.05. The van der Waals surface area contributed by atoms with E-state index in [1.54, 1.807) is 12.5 Å². The Balaban J connectivity index is 2.57. The number of rotatable bonds is 5. The fourth-order valence-electron chi connectivity index (χ4n) is 1.01. The molecular weight excluding hydrogens is 218 g/mol. The molecule has 0 aromatic carbocycles. The number of aromatic nitrogens is 1. The average Bonchev–Trinajstić information content (AvgIpc) is 2.67. The number of thiazole rings is 1. The molecule has 1 atom stereocenters. The van der Waals surface area contributed by atoms with Crippen LogP contribution in [-0.4, -0.2) is 30.3 Å². The van der Waals surface area contributed by atoms with E-state index in [2.05, 4.69) is 9.72 Å². The standard InChI is InChI=1S/C9H13NO4S/c1-13-4-8-10-6(5-15-8)7(11)3-9(12)14-2/h5,7,11H,3-4H2,1-2H3/t7-/m1/s1. The molecule has 1 heterocycles. The molecule has 0 spiro atoms. The zero-order valence-electron chi connectivity index (χ0n) is 8.60. The fraction of sp³-hybridized carbons (Fsp3) is 0.556. The monoisotopic (exact) mass is 231 g/mol. The number of carbonyl (C=O) groups excluding carboxylic acids is 1. The minimum absolute atomic E-state index is 0.0767. The van der Waals surface area contributed by atoms with E-state index in [0.29, 0.717) is 12.3 Å². The van der Waals surface area contributed by atoms with Crippen LogP contribution in [0.15, 0.2) is 5.38 Å². The number of aliphatic hydroxyl groups excluding tert-OH is 1. The largest absolute Gasteiger partial charge is 0.469 e. The van der Waals surface area contributed by atoms with E-state index in [4.69, 9.17) is 4.74 Å². The summed E-state index contributed by atoms with van der Waals surface area (Å²) in [5.74, 6) is -0.455. The Bertz CT molecular complexity index is 326. The molecule has 1 aromatic rings. The first kappa shape index (κ1) is 12.1. The summed E-state index contributed by atoms with van der Waals surface area (Å²) in [5.41, 5.74) is 0.484. The summed E-state index contributed by atoms with van der Waals surface area (Å²) in [6, 6.07) is 0. The minimum Gasteiger partial charge on any atom is -0.469 e. The van der Waals surface area contributed by atoms with E-state index >= 15 is 0 Å². The van der Waals surface area contributed by atoms with Gasteiger partial charge in [0.25, 0.3) is 0 Å². The zero-order chi connectivity index (χ0) is 11.3. The predicted octanol–water partition coefficient (Wildman–Crippen LogP) is 0.886. The van der Waals surface area contributed by atoms with Crippen molar-refractivity contribution in [1.29, 1.82) is 0 Å². The van der Waals surface area contributed by atoms with Crippen LogP contribution >= 0.6 is 11.3 Å². The molecule has 5 nitrogen and oxygen atoms in total. The lowest BCUT2D eigenvalue weighted by atomic mass is 10.2. The Morgan fingerprint density at radius 3 is 3.00 bits per heavy atom. The van der Waals surface area contributed by atoms with Crippen LogP contribution in [0, 0.1) is 0 Å². The number of ether oxygens (including phenoxy) is 2. The normalized spacial score (nSPS) is 12.5. The van der Waals surface area contributed by atoms with Crippen LogP contribution in [0.3, 0.4) is 0 Å². The van der Waals surface area contributed by atoms with Gasteiger partial charge in [-0.2, -0.15) is 0 Å². The highest BCUT2D eigenvalue weighted by molar-refractivity contribution is 7.09. The number of methoxy groups -OCH3 is 2. The Labute approximate surface area is 91.7 Å². The first-order chi connectivity index (χ1) is 7.17. The van der Waals surface area contributed by atoms with Gasteiger partial charge in [-0.25, -0.2) is 4.98 Å². The third-order valence-electron chi connectivity index (χ3n) is 1.77. The average molecular weight is 231 g/mol. The third-order valence-corrected chi connectivity index (χ3v) is 2.61. The van der Waals surface area contributed by atoms with Crippen LogP contribution in [0.25, 0.3) is 0 Å². The molecule has 0 aliphatic carbocycles. The van der Waals surface area contributed by atoms with Crippen molar-refractivity contribution in [2.45, 2.75) is 19.1 Å². The van der Waals surface area contributed by atoms with Gasteiger partial charge in [-0.15, -0.1) is 11.3 Å². The molecule has 6 heteroatoms. The Kier molecular flexibility index (Phi) is 4.67. The second-order valence-corrected chi connectivity index (χ2v) is 3.84. The van der Waals surface area contributed by atoms with Gasteiger partial charge in [-0.3, -0.25) is 4.79 Å². The van der Waals surface area contributed by atoms with Crippen molar-refractivity contribution in [3.8, 4) is 0 Å². The Morgan fingerprint density at radius 1 is 1.67 bits per heavy atom. The number of hydrogen-bond donors (Lipinski definition) is 1. The molecule has 0 aliphatic heterocycles. The van der Waals surface area contributed by atoms with Crippen molar-refractivity contribution in [2.75, 3.05) is 14.2 Å². The maximum Gasteiger partial charge on any atom is 0.308 e. The SMILES string of the molecule is COCc1nc([C@H](O)CC(=O)OC)cs1. The van der Waals surface area contributed by atoms with Crippen molar-refractivity contribution in [3.05, 3.63) is 16.1 Å². The highest BCUT2D eigenvalue weighted by atomic mass is 32.1. The lowest BCUT2D eigenvalue weighted by molar-refractivity contribution is -0.142. The molecule has 0 unspecified atom stereocenters. The molecule has 0 amide bonds. The fourth-order valence-corrected chi connectivity index (χ4v) is 1.82. The predicted molar refractivity (Wildman–Crippen MR) is 54.4 cm³/mol. The van der Waals surface area contributed by atoms with E-state index in [1.807, 2.05) is 0 Å². The molecule has 0 bridgehead atoms. The smallest absolute Gasteiger partial charge is 0.308 e. The quantitative estimate of drug-likeness (QED) is 0.762. The summed E-state index contributed by atoms with van der Waals surface area (Å²) in [6.45, 7) is 0.412. The molecule has 1 rings (SSSR count). The van der Waals surface area contributed by atoms with E-state index in [9.17, 15) is 9.90 Å². The van der Waals surface area contributed by atoms with E-state index in [1.165, 1.54) is 18.4 Å². The summed E-state index contributed by atoms with van der Waals surface area (Å²) >= 11 is 1.39. The second kappa shape index (κ2) is 5.79. The van der Waals surface area contributed by atoms with Crippen molar-refractivity contribution < 1.29 is 19.4 Å². The number of esters is 1. The molecule has 0 saturated carbocycles. The van der Waals surface area contributed by atoms with Gasteiger partial charge in [0.05, 0.1) is 25.8 Å². The maximum atomic E-state index is 10.9. The van der Waals surface area contributed by atoms with E-state index in [0.717, 1.165) is 5.01 Å². The number of hydrogen-bond acceptors (Lipinski definition) is 6. The van der Waals surface area contributed by atoms with Crippen LogP contribution in [0.2, 0.25) is 0 Å². The molecule has 0 fully saturated rings. The summed E-state index contributed by atoms with van der Waals surface area (Å²) in [4.78, 5) is 15.0. The summed E-state index contributed by atoms with van der Waals surface area (Å²) in [5, 5.41) is 12.1. The molecule has 1 aromatic heterocycles. The van der Waals surface area contributed by atoms with Crippen molar-refractivity contribution >= 4 is 17.3 Å². The summed E-state index contributed by atoms with van der Waals surface area (Å²) in [7, 11) is 2.86. The molecule has 0 aliphatic rings. The first-order valence-electron chi connectivity index (χ1n) is 4.35. The van der Waals surface area contributed by atoms with Crippen molar-refractivity contribution in [1.82, 2.24) is 4.98 Å². The molecule has 0 radical (unpaired) electrons. The molecular formula is C9H13NO4S.